The molecule has 0 radical (unpaired) electrons. The second-order valence-corrected chi connectivity index (χ2v) is 31.8. The number of hydrogen-bond donors (Lipinski definition) is 8. The third kappa shape index (κ3) is 26.6. The first kappa shape index (κ1) is 104. The standard InChI is InChI=1S/C30H25Cl2NO4.C29H23Cl2NO4.C21H16BrCl2NO3.C9H11BO3.C4H8O.2CH4.Li.H4N4.H2O/c1-36-30(35)26(33-29(34)27-24(31)12-5-13-25(27)32)17-19-14-15-22(21-10-3-2-9-20(19)21)23-11-4-7-18-8-6-16-37-28(18)23;30-23-11-4-12-24(31)26(23)28(33)32-25(29(34)35)16-18-13-14-21(20-9-2-1-8-19(18)20)22-10-3-6-17-7-5-15-36-27(17)22;1-28-21(27)18(25-20(26)19-16(23)7-4-8-17(19)24)11-12-9-10-15(22)14-6-3-2-5-13(12)14;11-10(12)8-5-1-3-7-4-2-6-13-9(7)8;1-2-4-5-3-1;;;;1-3-4-2;/h2-5,7,9-15,26H,6,8,16-17H2,1H3,(H,33,34);1-4,6,8-14,25H,5,7,15-16H2,(H,32,33)(H,34,35);2-10,18H,11H2,1H3,(H,25,26);1,3,5,11-12H,2,4,6H2;1-4H2;2*1H4;;(H2,1,4)(H2,2,3);1H2/q;;;;;;;+1;;/p-1/t26-;25-;18-;;;;;;;/m000......./s1. The molecule has 32 heteroatoms. The second kappa shape index (κ2) is 50.9. The monoisotopic (exact) mass is 1900 g/mol. The molecule has 0 aromatic heterocycles. The molecule has 16 rings (SSSR count). The molecule has 11 N–H and O–H groups in total. The molecule has 0 spiro atoms. The van der Waals surface area contributed by atoms with Crippen LogP contribution in [0.15, 0.2) is 233 Å². The summed E-state index contributed by atoms with van der Waals surface area (Å²) in [6.45, 7) is 4.06. The van der Waals surface area contributed by atoms with E-state index in [0.29, 0.717) is 31.0 Å². The van der Waals surface area contributed by atoms with E-state index in [1.807, 2.05) is 121 Å². The van der Waals surface area contributed by atoms with Crippen molar-refractivity contribution in [1.82, 2.24) is 16.0 Å². The summed E-state index contributed by atoms with van der Waals surface area (Å²) in [5.41, 5.74) is 11.0. The number of carboxylic acids is 1. The number of methoxy groups -OCH3 is 2. The van der Waals surface area contributed by atoms with Gasteiger partial charge < -0.3 is 76.7 Å². The van der Waals surface area contributed by atoms with Crippen molar-refractivity contribution >= 4 is 166 Å². The zero-order valence-corrected chi connectivity index (χ0v) is 74.4. The fraction of sp³-hybridized carbons (Fsp3) is 0.242. The van der Waals surface area contributed by atoms with Gasteiger partial charge in [0, 0.05) is 53.5 Å². The van der Waals surface area contributed by atoms with Gasteiger partial charge >= 0.3 is 43.9 Å². The molecule has 4 aliphatic heterocycles. The van der Waals surface area contributed by atoms with E-state index in [-0.39, 0.29) is 105 Å². The van der Waals surface area contributed by atoms with Crippen LogP contribution in [0.5, 0.6) is 17.2 Å². The molecule has 0 aliphatic carbocycles. The number of amides is 3. The number of ether oxygens (including phenoxy) is 6. The Kier molecular flexibility index (Phi) is 41.6. The van der Waals surface area contributed by atoms with Crippen LogP contribution in [-0.2, 0) is 67.1 Å². The number of benzene rings is 12. The predicted molar refractivity (Wildman–Crippen MR) is 503 cm³/mol. The van der Waals surface area contributed by atoms with Crippen LogP contribution in [-0.4, -0.2) is 129 Å². The number of fused-ring (bicyclic) bond motifs is 6. The number of halogens is 7. The molecule has 660 valence electrons. The normalized spacial score (nSPS) is 13.1. The average molecular weight is 1900 g/mol. The summed E-state index contributed by atoms with van der Waals surface area (Å²) in [7, 11) is 1.14. The fourth-order valence-electron chi connectivity index (χ4n) is 14.7. The molecule has 12 aromatic rings. The largest absolute Gasteiger partial charge is 1.00 e. The molecule has 0 saturated carbocycles. The number of para-hydroxylation sites is 3. The summed E-state index contributed by atoms with van der Waals surface area (Å²) < 4.78 is 33.3. The van der Waals surface area contributed by atoms with Crippen molar-refractivity contribution in [2.75, 3.05) is 47.3 Å². The number of nitrogens with zero attached hydrogens (tertiary/aromatic N) is 2. The maximum atomic E-state index is 13.0. The Balaban J connectivity index is 0.000000230. The van der Waals surface area contributed by atoms with Crippen LogP contribution in [0.4, 0.5) is 0 Å². The predicted octanol–water partition coefficient (Wildman–Crippen LogP) is 16.4. The first-order valence-electron chi connectivity index (χ1n) is 39.3. The maximum Gasteiger partial charge on any atom is 1.00 e. The van der Waals surface area contributed by atoms with E-state index in [1.54, 1.807) is 48.5 Å². The molecule has 12 aromatic carbocycles. The first-order valence-corrected chi connectivity index (χ1v) is 42.4. The van der Waals surface area contributed by atoms with Crippen molar-refractivity contribution < 1.29 is 96.7 Å². The molecule has 127 heavy (non-hydrogen) atoms. The van der Waals surface area contributed by atoms with Crippen LogP contribution >= 0.6 is 85.5 Å². The quantitative estimate of drug-likeness (QED) is 0.0130. The van der Waals surface area contributed by atoms with Gasteiger partial charge in [0.25, 0.3) is 17.7 Å². The van der Waals surface area contributed by atoms with E-state index in [4.69, 9.17) is 108 Å². The summed E-state index contributed by atoms with van der Waals surface area (Å²) in [4.78, 5) is 75.8. The Labute approximate surface area is 788 Å². The molecular weight excluding hydrogens is 1810 g/mol. The van der Waals surface area contributed by atoms with Gasteiger partial charge in [0.05, 0.1) is 80.9 Å². The Morgan fingerprint density at radius 1 is 0.409 bits per heavy atom. The number of carbonyl (C=O) groups excluding carboxylic acids is 5. The summed E-state index contributed by atoms with van der Waals surface area (Å²) in [6, 6.07) is 64.7. The molecule has 3 atom stereocenters. The van der Waals surface area contributed by atoms with Gasteiger partial charge in [-0.2, -0.15) is 0 Å². The van der Waals surface area contributed by atoms with Crippen molar-refractivity contribution in [2.24, 2.45) is 22.1 Å². The van der Waals surface area contributed by atoms with E-state index in [9.17, 15) is 33.9 Å². The Morgan fingerprint density at radius 2 is 0.724 bits per heavy atom. The Morgan fingerprint density at radius 3 is 1.07 bits per heavy atom. The van der Waals surface area contributed by atoms with E-state index in [1.165, 1.54) is 50.3 Å². The van der Waals surface area contributed by atoms with E-state index < -0.39 is 60.9 Å². The molecule has 4 heterocycles. The molecule has 0 bridgehead atoms. The smallest absolute Gasteiger partial charge is 0.870 e. The number of aliphatic carboxylic acids is 1. The molecule has 1 fully saturated rings. The van der Waals surface area contributed by atoms with Crippen molar-refractivity contribution in [2.45, 2.75) is 104 Å². The van der Waals surface area contributed by atoms with Crippen LogP contribution in [0, 0.1) is 0 Å². The second-order valence-electron chi connectivity index (χ2n) is 28.5. The Hall–Kier alpha value is -10.4. The third-order valence-electron chi connectivity index (χ3n) is 20.6. The van der Waals surface area contributed by atoms with E-state index in [0.717, 1.165) is 145 Å². The number of nitrogens with two attached hydrogens (primary N) is 2. The van der Waals surface area contributed by atoms with Gasteiger partial charge in [0.2, 0.25) is 0 Å². The van der Waals surface area contributed by atoms with Crippen molar-refractivity contribution in [3.05, 3.63) is 303 Å². The fourth-order valence-corrected chi connectivity index (χ4v) is 16.9. The topological polar surface area (TPSA) is 361 Å². The minimum atomic E-state index is -1.44. The number of rotatable bonds is 18. The minimum absolute atomic E-state index is 0. The zero-order valence-electron chi connectivity index (χ0n) is 68.3. The van der Waals surface area contributed by atoms with Crippen molar-refractivity contribution in [1.29, 1.82) is 0 Å². The van der Waals surface area contributed by atoms with Crippen LogP contribution in [0.25, 0.3) is 54.6 Å². The molecule has 1 saturated heterocycles. The van der Waals surface area contributed by atoms with Gasteiger partial charge in [-0.1, -0.05) is 287 Å². The molecule has 4 aliphatic rings. The van der Waals surface area contributed by atoms with Gasteiger partial charge in [-0.05, 0) is 171 Å². The number of aryl methyl sites for hydroxylation is 3. The first-order chi connectivity index (χ1) is 59.5. The summed E-state index contributed by atoms with van der Waals surface area (Å²) >= 11 is 40.5. The van der Waals surface area contributed by atoms with Crippen molar-refractivity contribution in [3.8, 4) is 39.5 Å². The number of nitrogens with one attached hydrogen (secondary N) is 3. The van der Waals surface area contributed by atoms with Crippen LogP contribution in [0.2, 0.25) is 30.1 Å². The number of hydrogen-bond acceptors (Lipinski definition) is 17. The molecular formula is C95H96BBrCl6LiN7O16. The number of carboxylic acid groups (broad SMARTS) is 1. The van der Waals surface area contributed by atoms with Gasteiger partial charge in [-0.25, -0.2) is 14.4 Å². The summed E-state index contributed by atoms with van der Waals surface area (Å²) in [5.74, 6) is 7.25. The number of carbonyl (C=O) groups is 6. The summed E-state index contributed by atoms with van der Waals surface area (Å²) in [6.07, 6.45) is 9.07. The minimum Gasteiger partial charge on any atom is -0.870 e. The SMILES string of the molecule is C.C.C1CCOC1.COC(=O)[C@H](Cc1ccc(-c2cccc3c2OCCC3)c2ccccc12)NC(=O)c1c(Cl)cccc1Cl.COC(=O)[C@H](Cc1ccc(Br)c2ccccc12)NC(=O)c1c(Cl)cccc1Cl.N/N=N/N.O=C(N[C@@H](Cc1ccc(-c2cccc3c2OCCC3)c2ccccc12)C(=O)O)c1c(Cl)cccc1Cl.OB(O)c1cccc2c1OCCC2.[Li+].[OH-]. The van der Waals surface area contributed by atoms with Gasteiger partial charge in [-0.3, -0.25) is 14.4 Å². The maximum absolute atomic E-state index is 13.0. The molecule has 0 unspecified atom stereocenters. The summed E-state index contributed by atoms with van der Waals surface area (Å²) in [5, 5.41) is 48.4. The van der Waals surface area contributed by atoms with Crippen LogP contribution in [0.1, 0.15) is 111 Å². The Bertz CT molecular complexity index is 5790. The van der Waals surface area contributed by atoms with Crippen molar-refractivity contribution in [3.63, 3.8) is 0 Å². The van der Waals surface area contributed by atoms with Crippen LogP contribution < -0.4 is 66.2 Å². The average Bonchev–Trinajstić information content (AvgIpc) is 1.02. The van der Waals surface area contributed by atoms with E-state index in [2.05, 4.69) is 90.4 Å². The number of esters is 2. The zero-order chi connectivity index (χ0) is 87.6. The van der Waals surface area contributed by atoms with Gasteiger partial charge in [-0.15, -0.1) is 0 Å². The van der Waals surface area contributed by atoms with Gasteiger partial charge in [0.1, 0.15) is 35.4 Å². The molecule has 23 nitrogen and oxygen atoms in total. The van der Waals surface area contributed by atoms with E-state index >= 15 is 0 Å². The van der Waals surface area contributed by atoms with Gasteiger partial charge in [0.15, 0.2) is 0 Å². The third-order valence-corrected chi connectivity index (χ3v) is 23.2. The van der Waals surface area contributed by atoms with Crippen LogP contribution in [0.3, 0.4) is 0 Å². The molecule has 3 amide bonds.